The third-order valence-electron chi connectivity index (χ3n) is 7.33. The van der Waals surface area contributed by atoms with Crippen LogP contribution < -0.4 is 9.64 Å². The molecule has 10 heteroatoms. The fraction of sp³-hybridized carbons (Fsp3) is 0.462. The van der Waals surface area contributed by atoms with Crippen LogP contribution in [0.1, 0.15) is 60.5 Å². The molecule has 1 aliphatic heterocycles. The standard InChI is InChI=1S/C26H26F4N2O4/c27-16-5-10-20-22(14-16)32(25(35)15-3-8-18(9-4-15)36-26(28,29)30)21-12-11-19(21)24(20)31(17-6-7-17)13-1-2-23(33)34/h3-5,8-10,14,17,19,21,24H,1-2,6-7,11-13H2,(H,33,34). The predicted molar refractivity (Wildman–Crippen MR) is 122 cm³/mol. The molecular formula is C26H26F4N2O4. The fourth-order valence-electron chi connectivity index (χ4n) is 5.57. The number of carbonyl (C=O) groups is 2. The number of amides is 1. The highest BCUT2D eigenvalue weighted by atomic mass is 19.4. The number of anilines is 1. The summed E-state index contributed by atoms with van der Waals surface area (Å²) in [7, 11) is 0. The van der Waals surface area contributed by atoms with Gasteiger partial charge in [0.15, 0.2) is 0 Å². The molecule has 0 radical (unpaired) electrons. The van der Waals surface area contributed by atoms with E-state index in [1.54, 1.807) is 11.0 Å². The predicted octanol–water partition coefficient (Wildman–Crippen LogP) is 5.53. The molecule has 3 unspecified atom stereocenters. The number of rotatable bonds is 8. The van der Waals surface area contributed by atoms with Crippen LogP contribution in [-0.4, -0.2) is 46.9 Å². The van der Waals surface area contributed by atoms with Crippen molar-refractivity contribution in [3.63, 3.8) is 0 Å². The van der Waals surface area contributed by atoms with E-state index in [-0.39, 0.29) is 30.0 Å². The molecule has 3 atom stereocenters. The monoisotopic (exact) mass is 506 g/mol. The Hall–Kier alpha value is -3.14. The number of hydrogen-bond donors (Lipinski definition) is 1. The van der Waals surface area contributed by atoms with Crippen molar-refractivity contribution in [1.29, 1.82) is 0 Å². The highest BCUT2D eigenvalue weighted by Gasteiger charge is 2.52. The number of hydrogen-bond acceptors (Lipinski definition) is 4. The number of carbonyl (C=O) groups excluding carboxylic acids is 1. The minimum atomic E-state index is -4.83. The van der Waals surface area contributed by atoms with Gasteiger partial charge in [0, 0.05) is 30.1 Å². The molecule has 1 heterocycles. The second-order valence-corrected chi connectivity index (χ2v) is 9.67. The molecule has 2 saturated carbocycles. The van der Waals surface area contributed by atoms with Gasteiger partial charge in [0.2, 0.25) is 0 Å². The van der Waals surface area contributed by atoms with E-state index in [1.807, 2.05) is 0 Å². The van der Waals surface area contributed by atoms with Crippen molar-refractivity contribution < 1.29 is 37.0 Å². The zero-order chi connectivity index (χ0) is 25.6. The lowest BCUT2D eigenvalue weighted by molar-refractivity contribution is -0.274. The van der Waals surface area contributed by atoms with Crippen molar-refractivity contribution in [3.05, 3.63) is 59.4 Å². The topological polar surface area (TPSA) is 70.1 Å². The van der Waals surface area contributed by atoms with Crippen molar-refractivity contribution >= 4 is 17.6 Å². The summed E-state index contributed by atoms with van der Waals surface area (Å²) in [5.74, 6) is -2.06. The van der Waals surface area contributed by atoms with Crippen LogP contribution in [0.2, 0.25) is 0 Å². The summed E-state index contributed by atoms with van der Waals surface area (Å²) in [5, 5.41) is 9.09. The van der Waals surface area contributed by atoms with E-state index < -0.39 is 29.8 Å². The average molecular weight is 506 g/mol. The van der Waals surface area contributed by atoms with Gasteiger partial charge in [0.25, 0.3) is 5.91 Å². The minimum Gasteiger partial charge on any atom is -0.481 e. The quantitative estimate of drug-likeness (QED) is 0.477. The molecule has 2 aromatic carbocycles. The Kier molecular flexibility index (Phi) is 6.40. The number of alkyl halides is 3. The summed E-state index contributed by atoms with van der Waals surface area (Å²) in [6.07, 6.45) is -0.619. The molecule has 0 spiro atoms. The number of carboxylic acid groups (broad SMARTS) is 1. The fourth-order valence-corrected chi connectivity index (χ4v) is 5.57. The lowest BCUT2D eigenvalue weighted by atomic mass is 9.67. The van der Waals surface area contributed by atoms with E-state index in [9.17, 15) is 27.2 Å². The maximum Gasteiger partial charge on any atom is 0.573 e. The third-order valence-corrected chi connectivity index (χ3v) is 7.33. The van der Waals surface area contributed by atoms with Crippen LogP contribution in [0.4, 0.5) is 23.2 Å². The average Bonchev–Trinajstić information content (AvgIpc) is 3.62. The van der Waals surface area contributed by atoms with Crippen LogP contribution in [0.3, 0.4) is 0 Å². The largest absolute Gasteiger partial charge is 0.573 e. The van der Waals surface area contributed by atoms with E-state index in [4.69, 9.17) is 5.11 Å². The Morgan fingerprint density at radius 1 is 1.06 bits per heavy atom. The van der Waals surface area contributed by atoms with Gasteiger partial charge in [0.1, 0.15) is 11.6 Å². The van der Waals surface area contributed by atoms with Gasteiger partial charge in [-0.05, 0) is 86.5 Å². The lowest BCUT2D eigenvalue weighted by Gasteiger charge is -2.55. The SMILES string of the molecule is O=C(O)CCCN(C1CC1)C1c2ccc(F)cc2N(C(=O)c2ccc(OC(F)(F)F)cc2)C2CCC21. The zero-order valence-corrected chi connectivity index (χ0v) is 19.4. The van der Waals surface area contributed by atoms with Gasteiger partial charge in [-0.3, -0.25) is 14.5 Å². The molecule has 1 amide bonds. The number of carboxylic acids is 1. The van der Waals surface area contributed by atoms with E-state index in [0.717, 1.165) is 43.4 Å². The van der Waals surface area contributed by atoms with Gasteiger partial charge < -0.3 is 14.7 Å². The molecule has 2 aliphatic carbocycles. The Balaban J connectivity index is 1.46. The zero-order valence-electron chi connectivity index (χ0n) is 19.4. The first-order valence-corrected chi connectivity index (χ1v) is 12.1. The van der Waals surface area contributed by atoms with Crippen LogP contribution in [0.25, 0.3) is 0 Å². The number of halogens is 4. The Morgan fingerprint density at radius 3 is 2.36 bits per heavy atom. The van der Waals surface area contributed by atoms with Crippen molar-refractivity contribution in [2.45, 2.75) is 63.0 Å². The molecule has 192 valence electrons. The van der Waals surface area contributed by atoms with E-state index in [1.165, 1.54) is 24.3 Å². The van der Waals surface area contributed by atoms with E-state index >= 15 is 0 Å². The molecule has 0 saturated heterocycles. The van der Waals surface area contributed by atoms with Crippen LogP contribution in [0.5, 0.6) is 5.75 Å². The summed E-state index contributed by atoms with van der Waals surface area (Å²) in [4.78, 5) is 28.6. The molecule has 2 fully saturated rings. The van der Waals surface area contributed by atoms with Crippen LogP contribution >= 0.6 is 0 Å². The Labute approximate surface area is 205 Å². The molecule has 36 heavy (non-hydrogen) atoms. The van der Waals surface area contributed by atoms with Gasteiger partial charge in [-0.15, -0.1) is 13.2 Å². The molecule has 2 aromatic rings. The Bertz CT molecular complexity index is 1150. The summed E-state index contributed by atoms with van der Waals surface area (Å²) >= 11 is 0. The number of nitrogens with zero attached hydrogens (tertiary/aromatic N) is 2. The smallest absolute Gasteiger partial charge is 0.481 e. The lowest BCUT2D eigenvalue weighted by Crippen LogP contribution is -2.58. The molecule has 6 nitrogen and oxygen atoms in total. The molecule has 1 N–H and O–H groups in total. The normalized spacial score (nSPS) is 23.0. The van der Waals surface area contributed by atoms with Gasteiger partial charge in [-0.2, -0.15) is 0 Å². The summed E-state index contributed by atoms with van der Waals surface area (Å²) in [6, 6.07) is 9.29. The van der Waals surface area contributed by atoms with Gasteiger partial charge in [-0.1, -0.05) is 6.07 Å². The first-order valence-electron chi connectivity index (χ1n) is 12.1. The first kappa shape index (κ1) is 24.5. The highest BCUT2D eigenvalue weighted by Crippen LogP contribution is 2.54. The number of ether oxygens (including phenoxy) is 1. The Morgan fingerprint density at radius 2 is 1.78 bits per heavy atom. The van der Waals surface area contributed by atoms with Gasteiger partial charge in [-0.25, -0.2) is 4.39 Å². The summed E-state index contributed by atoms with van der Waals surface area (Å²) < 4.78 is 55.9. The minimum absolute atomic E-state index is 0.0488. The van der Waals surface area contributed by atoms with Crippen LogP contribution in [0, 0.1) is 11.7 Å². The van der Waals surface area contributed by atoms with Crippen LogP contribution in [-0.2, 0) is 4.79 Å². The summed E-state index contributed by atoms with van der Waals surface area (Å²) in [5.41, 5.74) is 1.47. The van der Waals surface area contributed by atoms with Gasteiger partial charge in [0.05, 0.1) is 5.69 Å². The summed E-state index contributed by atoms with van der Waals surface area (Å²) in [6.45, 7) is 0.607. The molecule has 5 rings (SSSR count). The maximum absolute atomic E-state index is 14.4. The molecule has 0 aromatic heterocycles. The molecular weight excluding hydrogens is 480 g/mol. The van der Waals surface area contributed by atoms with Crippen molar-refractivity contribution in [1.82, 2.24) is 4.90 Å². The number of fused-ring (bicyclic) bond motifs is 2. The van der Waals surface area contributed by atoms with Crippen molar-refractivity contribution in [3.8, 4) is 5.75 Å². The van der Waals surface area contributed by atoms with E-state index in [0.29, 0.717) is 24.7 Å². The highest BCUT2D eigenvalue weighted by molar-refractivity contribution is 6.07. The second kappa shape index (κ2) is 9.38. The first-order chi connectivity index (χ1) is 17.1. The number of benzene rings is 2. The second-order valence-electron chi connectivity index (χ2n) is 9.67. The van der Waals surface area contributed by atoms with Crippen molar-refractivity contribution in [2.75, 3.05) is 11.4 Å². The van der Waals surface area contributed by atoms with Crippen molar-refractivity contribution in [2.24, 2.45) is 5.92 Å². The van der Waals surface area contributed by atoms with Crippen LogP contribution in [0.15, 0.2) is 42.5 Å². The maximum atomic E-state index is 14.4. The third kappa shape index (κ3) is 4.91. The van der Waals surface area contributed by atoms with E-state index in [2.05, 4.69) is 9.64 Å². The molecule has 0 bridgehead atoms. The molecule has 3 aliphatic rings. The number of aliphatic carboxylic acids is 1. The van der Waals surface area contributed by atoms with Gasteiger partial charge >= 0.3 is 12.3 Å².